The van der Waals surface area contributed by atoms with Crippen molar-refractivity contribution in [3.63, 3.8) is 0 Å². The van der Waals surface area contributed by atoms with Crippen LogP contribution in [0.4, 0.5) is 0 Å². The third kappa shape index (κ3) is 3.96. The molecule has 0 bridgehead atoms. The van der Waals surface area contributed by atoms with Gasteiger partial charge in [0, 0.05) is 25.7 Å². The van der Waals surface area contributed by atoms with Crippen molar-refractivity contribution in [1.29, 1.82) is 0 Å². The number of hydrogen-bond acceptors (Lipinski definition) is 3. The zero-order valence-corrected chi connectivity index (χ0v) is 17.2. The first-order chi connectivity index (χ1) is 10.6. The molecule has 134 valence electrons. The minimum absolute atomic E-state index is 0. The van der Waals surface area contributed by atoms with Gasteiger partial charge in [0.15, 0.2) is 15.8 Å². The van der Waals surface area contributed by atoms with Gasteiger partial charge in [-0.2, -0.15) is 0 Å². The molecule has 5 nitrogen and oxygen atoms in total. The van der Waals surface area contributed by atoms with Crippen LogP contribution in [0.3, 0.4) is 0 Å². The minimum Gasteiger partial charge on any atom is -0.354 e. The summed E-state index contributed by atoms with van der Waals surface area (Å²) in [6.07, 6.45) is 8.62. The van der Waals surface area contributed by atoms with Crippen LogP contribution in [-0.4, -0.2) is 55.5 Å². The molecule has 1 N–H and O–H groups in total. The Morgan fingerprint density at radius 1 is 1.22 bits per heavy atom. The molecule has 3 rings (SSSR count). The summed E-state index contributed by atoms with van der Waals surface area (Å²) in [4.78, 5) is 6.85. The Bertz CT molecular complexity index is 525. The van der Waals surface area contributed by atoms with Crippen molar-refractivity contribution in [1.82, 2.24) is 10.2 Å². The largest absolute Gasteiger partial charge is 0.354 e. The third-order valence-corrected chi connectivity index (χ3v) is 8.16. The molecule has 0 aromatic rings. The van der Waals surface area contributed by atoms with Crippen LogP contribution in [0, 0.1) is 0 Å². The quantitative estimate of drug-likeness (QED) is 0.395. The van der Waals surface area contributed by atoms with Gasteiger partial charge in [-0.1, -0.05) is 19.3 Å². The second kappa shape index (κ2) is 7.89. The lowest BCUT2D eigenvalue weighted by Crippen LogP contribution is -2.61. The zero-order chi connectivity index (χ0) is 15.6. The van der Waals surface area contributed by atoms with Crippen LogP contribution in [0.15, 0.2) is 4.99 Å². The molecule has 0 amide bonds. The van der Waals surface area contributed by atoms with E-state index in [0.29, 0.717) is 19.1 Å². The Hall–Kier alpha value is -0.0500. The average molecular weight is 455 g/mol. The van der Waals surface area contributed by atoms with E-state index in [0.717, 1.165) is 38.2 Å². The van der Waals surface area contributed by atoms with Gasteiger partial charge in [0.1, 0.15) is 0 Å². The first-order valence-electron chi connectivity index (χ1n) is 8.84. The Balaban J connectivity index is 0.00000192. The van der Waals surface area contributed by atoms with Crippen LogP contribution in [0.1, 0.15) is 58.3 Å². The van der Waals surface area contributed by atoms with E-state index in [1.807, 2.05) is 6.92 Å². The van der Waals surface area contributed by atoms with E-state index >= 15 is 0 Å². The number of sulfone groups is 1. The molecule has 0 unspecified atom stereocenters. The minimum atomic E-state index is -2.97. The molecular formula is C16H30IN3O2S. The third-order valence-electron chi connectivity index (χ3n) is 5.58. The van der Waals surface area contributed by atoms with Crippen LogP contribution in [0.25, 0.3) is 0 Å². The molecule has 3 fully saturated rings. The second-order valence-corrected chi connectivity index (χ2v) is 9.56. The normalized spacial score (nSPS) is 27.2. The molecule has 0 atom stereocenters. The summed E-state index contributed by atoms with van der Waals surface area (Å²) in [5, 5.41) is 3.55. The van der Waals surface area contributed by atoms with Gasteiger partial charge in [0.05, 0.1) is 10.5 Å². The molecule has 0 radical (unpaired) electrons. The first kappa shape index (κ1) is 19.3. The Labute approximate surface area is 157 Å². The number of nitrogens with one attached hydrogen (secondary N) is 1. The van der Waals surface area contributed by atoms with Gasteiger partial charge in [0.25, 0.3) is 0 Å². The number of guanidine groups is 1. The van der Waals surface area contributed by atoms with Gasteiger partial charge in [-0.3, -0.25) is 4.99 Å². The molecule has 1 aliphatic heterocycles. The number of hydrogen-bond donors (Lipinski definition) is 1. The number of rotatable bonds is 2. The van der Waals surface area contributed by atoms with E-state index in [1.54, 1.807) is 0 Å². The lowest BCUT2D eigenvalue weighted by atomic mass is 9.87. The van der Waals surface area contributed by atoms with E-state index < -0.39 is 14.6 Å². The van der Waals surface area contributed by atoms with E-state index in [2.05, 4.69) is 15.2 Å². The topological polar surface area (TPSA) is 61.8 Å². The van der Waals surface area contributed by atoms with Gasteiger partial charge in [-0.25, -0.2) is 8.42 Å². The molecule has 2 aliphatic carbocycles. The van der Waals surface area contributed by atoms with Crippen molar-refractivity contribution in [3.8, 4) is 0 Å². The predicted octanol–water partition coefficient (Wildman–Crippen LogP) is 2.56. The standard InChI is InChI=1S/C16H29N3O2S.HI/c1-2-17-15(18-14-7-6-8-14)19-11-12-22(20,21)16(13-19)9-4-3-5-10-16;/h14H,2-13H2,1H3,(H,17,18);1H. The zero-order valence-electron chi connectivity index (χ0n) is 14.1. The fourth-order valence-corrected chi connectivity index (χ4v) is 6.10. The molecule has 1 heterocycles. The molecule has 23 heavy (non-hydrogen) atoms. The van der Waals surface area contributed by atoms with Crippen LogP contribution in [0.5, 0.6) is 0 Å². The Kier molecular flexibility index (Phi) is 6.61. The number of halogens is 1. The van der Waals surface area contributed by atoms with Gasteiger partial charge in [0.2, 0.25) is 0 Å². The van der Waals surface area contributed by atoms with Crippen LogP contribution in [0.2, 0.25) is 0 Å². The Morgan fingerprint density at radius 3 is 2.48 bits per heavy atom. The maximum atomic E-state index is 12.7. The summed E-state index contributed by atoms with van der Waals surface area (Å²) in [7, 11) is -2.97. The highest BCUT2D eigenvalue weighted by molar-refractivity contribution is 14.0. The summed E-state index contributed by atoms with van der Waals surface area (Å²) in [6, 6.07) is 0.533. The summed E-state index contributed by atoms with van der Waals surface area (Å²) < 4.78 is 24.9. The van der Waals surface area contributed by atoms with Gasteiger partial charge in [-0.15, -0.1) is 24.0 Å². The van der Waals surface area contributed by atoms with E-state index in [9.17, 15) is 8.42 Å². The van der Waals surface area contributed by atoms with E-state index in [4.69, 9.17) is 0 Å². The second-order valence-electron chi connectivity index (χ2n) is 7.05. The lowest BCUT2D eigenvalue weighted by molar-refractivity contribution is 0.266. The fraction of sp³-hybridized carbons (Fsp3) is 0.938. The Morgan fingerprint density at radius 2 is 1.91 bits per heavy atom. The van der Waals surface area contributed by atoms with Gasteiger partial charge >= 0.3 is 0 Å². The van der Waals surface area contributed by atoms with Crippen molar-refractivity contribution in [2.75, 3.05) is 25.4 Å². The van der Waals surface area contributed by atoms with Crippen molar-refractivity contribution >= 4 is 39.8 Å². The smallest absolute Gasteiger partial charge is 0.194 e. The van der Waals surface area contributed by atoms with Gasteiger partial charge in [-0.05, 0) is 39.0 Å². The van der Waals surface area contributed by atoms with Gasteiger partial charge < -0.3 is 10.2 Å². The maximum Gasteiger partial charge on any atom is 0.194 e. The van der Waals surface area contributed by atoms with E-state index in [-0.39, 0.29) is 29.7 Å². The predicted molar refractivity (Wildman–Crippen MR) is 105 cm³/mol. The van der Waals surface area contributed by atoms with Crippen molar-refractivity contribution in [2.24, 2.45) is 4.99 Å². The van der Waals surface area contributed by atoms with Crippen molar-refractivity contribution < 1.29 is 8.42 Å². The molecule has 0 aromatic heterocycles. The highest BCUT2D eigenvalue weighted by Crippen LogP contribution is 2.38. The highest BCUT2D eigenvalue weighted by atomic mass is 127. The SMILES string of the molecule is CCN=C(NC1CCC1)N1CCS(=O)(=O)C2(CCCCC2)C1.I. The van der Waals surface area contributed by atoms with Crippen LogP contribution in [-0.2, 0) is 9.84 Å². The average Bonchev–Trinajstić information content (AvgIpc) is 2.46. The highest BCUT2D eigenvalue weighted by Gasteiger charge is 2.48. The fourth-order valence-electron chi connectivity index (χ4n) is 3.94. The molecular weight excluding hydrogens is 425 g/mol. The summed E-state index contributed by atoms with van der Waals surface area (Å²) in [6.45, 7) is 4.00. The summed E-state index contributed by atoms with van der Waals surface area (Å²) in [5.41, 5.74) is 0. The molecule has 2 saturated carbocycles. The monoisotopic (exact) mass is 455 g/mol. The molecule has 1 spiro atoms. The molecule has 0 aromatic carbocycles. The summed E-state index contributed by atoms with van der Waals surface area (Å²) in [5.74, 6) is 1.22. The number of aliphatic imine (C=N–C) groups is 1. The van der Waals surface area contributed by atoms with Crippen LogP contribution >= 0.6 is 24.0 Å². The molecule has 7 heteroatoms. The lowest BCUT2D eigenvalue weighted by Gasteiger charge is -2.46. The molecule has 3 aliphatic rings. The van der Waals surface area contributed by atoms with Crippen molar-refractivity contribution in [2.45, 2.75) is 69.1 Å². The molecule has 1 saturated heterocycles. The summed E-state index contributed by atoms with van der Waals surface area (Å²) >= 11 is 0. The van der Waals surface area contributed by atoms with E-state index in [1.165, 1.54) is 25.7 Å². The van der Waals surface area contributed by atoms with Crippen molar-refractivity contribution in [3.05, 3.63) is 0 Å². The first-order valence-corrected chi connectivity index (χ1v) is 10.5. The number of nitrogens with zero attached hydrogens (tertiary/aromatic N) is 2. The van der Waals surface area contributed by atoms with Crippen LogP contribution < -0.4 is 5.32 Å². The maximum absolute atomic E-state index is 12.7.